The van der Waals surface area contributed by atoms with Gasteiger partial charge >= 0.3 is 11.9 Å². The van der Waals surface area contributed by atoms with Gasteiger partial charge < -0.3 is 19.5 Å². The van der Waals surface area contributed by atoms with E-state index in [9.17, 15) is 14.4 Å². The predicted molar refractivity (Wildman–Crippen MR) is 111 cm³/mol. The van der Waals surface area contributed by atoms with Gasteiger partial charge in [-0.3, -0.25) is 4.79 Å². The molecule has 7 nitrogen and oxygen atoms in total. The highest BCUT2D eigenvalue weighted by Crippen LogP contribution is 2.34. The molecule has 0 fully saturated rings. The Morgan fingerprint density at radius 1 is 1.07 bits per heavy atom. The van der Waals surface area contributed by atoms with E-state index in [0.29, 0.717) is 11.3 Å². The molecule has 29 heavy (non-hydrogen) atoms. The SMILES string of the molecule is CCOC(=O)c1c(NC(=O)COc2ccccc2)sc(C(=O)OCC(C)C)c1C. The van der Waals surface area contributed by atoms with Crippen molar-refractivity contribution >= 4 is 34.2 Å². The van der Waals surface area contributed by atoms with Gasteiger partial charge in [0.1, 0.15) is 15.6 Å². The molecule has 1 aromatic heterocycles. The van der Waals surface area contributed by atoms with E-state index in [4.69, 9.17) is 14.2 Å². The quantitative estimate of drug-likeness (QED) is 0.616. The molecule has 1 amide bonds. The molecule has 0 spiro atoms. The van der Waals surface area contributed by atoms with Crippen molar-refractivity contribution in [1.29, 1.82) is 0 Å². The fourth-order valence-electron chi connectivity index (χ4n) is 2.38. The summed E-state index contributed by atoms with van der Waals surface area (Å²) in [6, 6.07) is 8.89. The maximum absolute atomic E-state index is 12.4. The van der Waals surface area contributed by atoms with Crippen molar-refractivity contribution in [2.45, 2.75) is 27.7 Å². The summed E-state index contributed by atoms with van der Waals surface area (Å²) in [4.78, 5) is 37.4. The fourth-order valence-corrected chi connectivity index (χ4v) is 3.49. The van der Waals surface area contributed by atoms with Crippen LogP contribution in [0.15, 0.2) is 30.3 Å². The Morgan fingerprint density at radius 3 is 2.38 bits per heavy atom. The number of thiophene rings is 1. The van der Waals surface area contributed by atoms with Crippen molar-refractivity contribution in [1.82, 2.24) is 0 Å². The van der Waals surface area contributed by atoms with Crippen molar-refractivity contribution in [2.75, 3.05) is 25.1 Å². The van der Waals surface area contributed by atoms with Gasteiger partial charge in [-0.05, 0) is 37.5 Å². The van der Waals surface area contributed by atoms with Gasteiger partial charge in [-0.1, -0.05) is 32.0 Å². The highest BCUT2D eigenvalue weighted by atomic mass is 32.1. The van der Waals surface area contributed by atoms with E-state index in [2.05, 4.69) is 5.32 Å². The monoisotopic (exact) mass is 419 g/mol. The summed E-state index contributed by atoms with van der Waals surface area (Å²) >= 11 is 0.987. The van der Waals surface area contributed by atoms with Crippen LogP contribution in [-0.2, 0) is 14.3 Å². The van der Waals surface area contributed by atoms with Crippen LogP contribution in [0.25, 0.3) is 0 Å². The van der Waals surface area contributed by atoms with Crippen LogP contribution in [-0.4, -0.2) is 37.7 Å². The first kappa shape index (κ1) is 22.4. The molecule has 0 aliphatic carbocycles. The second-order valence-corrected chi connectivity index (χ2v) is 7.64. The second-order valence-electron chi connectivity index (χ2n) is 6.62. The third-order valence-electron chi connectivity index (χ3n) is 3.73. The number of hydrogen-bond donors (Lipinski definition) is 1. The van der Waals surface area contributed by atoms with E-state index in [1.807, 2.05) is 19.9 Å². The molecule has 0 radical (unpaired) electrons. The lowest BCUT2D eigenvalue weighted by Gasteiger charge is -2.08. The van der Waals surface area contributed by atoms with Crippen LogP contribution in [0, 0.1) is 12.8 Å². The van der Waals surface area contributed by atoms with E-state index < -0.39 is 17.8 Å². The highest BCUT2D eigenvalue weighted by Gasteiger charge is 2.27. The van der Waals surface area contributed by atoms with Crippen LogP contribution >= 0.6 is 11.3 Å². The number of carbonyl (C=O) groups excluding carboxylic acids is 3. The molecule has 0 aliphatic rings. The second kappa shape index (κ2) is 10.6. The molecule has 1 heterocycles. The fraction of sp³-hybridized carbons (Fsp3) is 0.381. The summed E-state index contributed by atoms with van der Waals surface area (Å²) in [7, 11) is 0. The number of rotatable bonds is 9. The van der Waals surface area contributed by atoms with E-state index in [1.54, 1.807) is 38.1 Å². The molecule has 2 rings (SSSR count). The molecule has 1 N–H and O–H groups in total. The zero-order chi connectivity index (χ0) is 21.4. The Hall–Kier alpha value is -2.87. The molecule has 0 bridgehead atoms. The molecule has 2 aromatic rings. The van der Waals surface area contributed by atoms with Crippen molar-refractivity contribution in [2.24, 2.45) is 5.92 Å². The minimum absolute atomic E-state index is 0.154. The smallest absolute Gasteiger partial charge is 0.348 e. The van der Waals surface area contributed by atoms with E-state index in [1.165, 1.54) is 0 Å². The van der Waals surface area contributed by atoms with Crippen LogP contribution in [0.4, 0.5) is 5.00 Å². The molecular formula is C21H25NO6S. The average molecular weight is 419 g/mol. The van der Waals surface area contributed by atoms with E-state index >= 15 is 0 Å². The van der Waals surface area contributed by atoms with Crippen molar-refractivity contribution in [3.63, 3.8) is 0 Å². The van der Waals surface area contributed by atoms with Crippen molar-refractivity contribution in [3.8, 4) is 5.75 Å². The Kier molecular flexibility index (Phi) is 8.21. The zero-order valence-electron chi connectivity index (χ0n) is 16.9. The van der Waals surface area contributed by atoms with Gasteiger partial charge in [0.2, 0.25) is 0 Å². The van der Waals surface area contributed by atoms with Crippen molar-refractivity contribution < 1.29 is 28.6 Å². The van der Waals surface area contributed by atoms with Crippen LogP contribution < -0.4 is 10.1 Å². The van der Waals surface area contributed by atoms with Gasteiger partial charge in [-0.15, -0.1) is 11.3 Å². The molecule has 1 aromatic carbocycles. The number of hydrogen-bond acceptors (Lipinski definition) is 7. The van der Waals surface area contributed by atoms with Crippen LogP contribution in [0.1, 0.15) is 46.4 Å². The molecule has 0 saturated heterocycles. The summed E-state index contributed by atoms with van der Waals surface area (Å²) in [6.45, 7) is 7.36. The number of carbonyl (C=O) groups is 3. The third-order valence-corrected chi connectivity index (χ3v) is 4.91. The predicted octanol–water partition coefficient (Wildman–Crippen LogP) is 4.06. The Labute approximate surface area is 174 Å². The van der Waals surface area contributed by atoms with Crippen molar-refractivity contribution in [3.05, 3.63) is 46.3 Å². The lowest BCUT2D eigenvalue weighted by atomic mass is 10.1. The Balaban J connectivity index is 2.19. The number of para-hydroxylation sites is 1. The normalized spacial score (nSPS) is 10.5. The van der Waals surface area contributed by atoms with Crippen LogP contribution in [0.3, 0.4) is 0 Å². The molecule has 0 atom stereocenters. The number of nitrogens with one attached hydrogen (secondary N) is 1. The summed E-state index contributed by atoms with van der Waals surface area (Å²) in [5.74, 6) is -0.870. The third kappa shape index (κ3) is 6.32. The Morgan fingerprint density at radius 2 is 1.76 bits per heavy atom. The molecule has 0 saturated carbocycles. The number of anilines is 1. The van der Waals surface area contributed by atoms with Gasteiger partial charge in [-0.2, -0.15) is 0 Å². The zero-order valence-corrected chi connectivity index (χ0v) is 17.8. The first-order valence-corrected chi connectivity index (χ1v) is 10.1. The first-order chi connectivity index (χ1) is 13.8. The number of benzene rings is 1. The summed E-state index contributed by atoms with van der Waals surface area (Å²) in [5.41, 5.74) is 0.572. The minimum atomic E-state index is -0.608. The lowest BCUT2D eigenvalue weighted by Crippen LogP contribution is -2.21. The average Bonchev–Trinajstić information content (AvgIpc) is 3.01. The maximum Gasteiger partial charge on any atom is 0.348 e. The minimum Gasteiger partial charge on any atom is -0.484 e. The number of esters is 2. The summed E-state index contributed by atoms with van der Waals surface area (Å²) in [6.07, 6.45) is 0. The largest absolute Gasteiger partial charge is 0.484 e. The molecule has 0 aliphatic heterocycles. The highest BCUT2D eigenvalue weighted by molar-refractivity contribution is 7.18. The standard InChI is InChI=1S/C21H25NO6S/c1-5-26-20(24)17-14(4)18(21(25)28-11-13(2)3)29-19(17)22-16(23)12-27-15-9-7-6-8-10-15/h6-10,13H,5,11-12H2,1-4H3,(H,22,23). The maximum atomic E-state index is 12.4. The van der Waals surface area contributed by atoms with E-state index in [0.717, 1.165) is 11.3 Å². The molecule has 0 unspecified atom stereocenters. The topological polar surface area (TPSA) is 90.9 Å². The van der Waals surface area contributed by atoms with Crippen LogP contribution in [0.5, 0.6) is 5.75 Å². The van der Waals surface area contributed by atoms with Gasteiger partial charge in [0.05, 0.1) is 18.8 Å². The summed E-state index contributed by atoms with van der Waals surface area (Å²) in [5, 5.41) is 2.88. The Bertz CT molecular complexity index is 860. The first-order valence-electron chi connectivity index (χ1n) is 9.28. The number of ether oxygens (including phenoxy) is 3. The molecular weight excluding hydrogens is 394 g/mol. The van der Waals surface area contributed by atoms with Gasteiger partial charge in [0.15, 0.2) is 6.61 Å². The van der Waals surface area contributed by atoms with Crippen LogP contribution in [0.2, 0.25) is 0 Å². The van der Waals surface area contributed by atoms with E-state index in [-0.39, 0.29) is 41.2 Å². The van der Waals surface area contributed by atoms with Gasteiger partial charge in [0, 0.05) is 0 Å². The van der Waals surface area contributed by atoms with Gasteiger partial charge in [-0.25, -0.2) is 9.59 Å². The number of amides is 1. The van der Waals surface area contributed by atoms with Gasteiger partial charge in [0.25, 0.3) is 5.91 Å². The molecule has 8 heteroatoms. The summed E-state index contributed by atoms with van der Waals surface area (Å²) < 4.78 is 15.8. The lowest BCUT2D eigenvalue weighted by molar-refractivity contribution is -0.118. The molecule has 156 valence electrons.